The van der Waals surface area contributed by atoms with Crippen molar-refractivity contribution in [1.29, 1.82) is 0 Å². The Morgan fingerprint density at radius 3 is 2.88 bits per heavy atom. The SMILES string of the molecule is O=C(N/N=C/c1ccccc1F)c1ccn(Cc2cccc(Br)c2)n1. The van der Waals surface area contributed by atoms with Gasteiger partial charge in [-0.05, 0) is 29.8 Å². The van der Waals surface area contributed by atoms with Crippen molar-refractivity contribution in [2.24, 2.45) is 5.10 Å². The van der Waals surface area contributed by atoms with Crippen molar-refractivity contribution in [1.82, 2.24) is 15.2 Å². The molecule has 0 aliphatic carbocycles. The van der Waals surface area contributed by atoms with E-state index in [-0.39, 0.29) is 5.69 Å². The smallest absolute Gasteiger partial charge is 0.268 e. The number of benzene rings is 2. The van der Waals surface area contributed by atoms with Crippen molar-refractivity contribution in [3.05, 3.63) is 87.9 Å². The van der Waals surface area contributed by atoms with E-state index in [1.54, 1.807) is 35.1 Å². The monoisotopic (exact) mass is 400 g/mol. The van der Waals surface area contributed by atoms with E-state index in [1.165, 1.54) is 12.3 Å². The number of carbonyl (C=O) groups is 1. The van der Waals surface area contributed by atoms with Gasteiger partial charge in [-0.25, -0.2) is 9.82 Å². The topological polar surface area (TPSA) is 59.3 Å². The zero-order valence-electron chi connectivity index (χ0n) is 13.1. The van der Waals surface area contributed by atoms with Crippen LogP contribution in [0, 0.1) is 5.82 Å². The predicted molar refractivity (Wildman–Crippen MR) is 96.9 cm³/mol. The van der Waals surface area contributed by atoms with Gasteiger partial charge in [0.05, 0.1) is 12.8 Å². The summed E-state index contributed by atoms with van der Waals surface area (Å²) in [5.41, 5.74) is 3.93. The highest BCUT2D eigenvalue weighted by molar-refractivity contribution is 9.10. The minimum atomic E-state index is -0.458. The number of hydrogen-bond acceptors (Lipinski definition) is 3. The molecule has 0 saturated carbocycles. The van der Waals surface area contributed by atoms with Gasteiger partial charge >= 0.3 is 0 Å². The van der Waals surface area contributed by atoms with E-state index in [1.807, 2.05) is 24.3 Å². The van der Waals surface area contributed by atoms with Gasteiger partial charge in [-0.15, -0.1) is 0 Å². The maximum absolute atomic E-state index is 13.5. The Kier molecular flexibility index (Phi) is 5.35. The summed E-state index contributed by atoms with van der Waals surface area (Å²) in [6, 6.07) is 15.6. The molecule has 0 fully saturated rings. The first-order valence-corrected chi connectivity index (χ1v) is 8.27. The molecule has 1 heterocycles. The van der Waals surface area contributed by atoms with E-state index >= 15 is 0 Å². The highest BCUT2D eigenvalue weighted by atomic mass is 79.9. The summed E-state index contributed by atoms with van der Waals surface area (Å²) in [6.07, 6.45) is 2.97. The van der Waals surface area contributed by atoms with Gasteiger partial charge in [0.25, 0.3) is 5.91 Å². The van der Waals surface area contributed by atoms with Crippen LogP contribution in [0.3, 0.4) is 0 Å². The van der Waals surface area contributed by atoms with Crippen LogP contribution >= 0.6 is 15.9 Å². The predicted octanol–water partition coefficient (Wildman–Crippen LogP) is 3.60. The molecule has 0 bridgehead atoms. The van der Waals surface area contributed by atoms with Crippen LogP contribution in [-0.2, 0) is 6.54 Å². The fraction of sp³-hybridized carbons (Fsp3) is 0.0556. The Labute approximate surface area is 152 Å². The molecule has 3 aromatic rings. The first kappa shape index (κ1) is 17.0. The van der Waals surface area contributed by atoms with E-state index in [4.69, 9.17) is 0 Å². The summed E-state index contributed by atoms with van der Waals surface area (Å²) in [5, 5.41) is 7.98. The largest absolute Gasteiger partial charge is 0.291 e. The summed E-state index contributed by atoms with van der Waals surface area (Å²) in [5.74, 6) is -0.862. The summed E-state index contributed by atoms with van der Waals surface area (Å²) >= 11 is 3.42. The lowest BCUT2D eigenvalue weighted by molar-refractivity contribution is 0.0949. The Hall–Kier alpha value is -2.80. The minimum Gasteiger partial charge on any atom is -0.268 e. The molecular formula is C18H14BrFN4O. The van der Waals surface area contributed by atoms with E-state index in [9.17, 15) is 9.18 Å². The number of amides is 1. The number of hydrazone groups is 1. The van der Waals surface area contributed by atoms with Gasteiger partial charge in [0, 0.05) is 16.2 Å². The number of nitrogens with one attached hydrogen (secondary N) is 1. The van der Waals surface area contributed by atoms with Gasteiger partial charge in [0.15, 0.2) is 5.69 Å². The Morgan fingerprint density at radius 1 is 1.24 bits per heavy atom. The molecule has 1 N–H and O–H groups in total. The Balaban J connectivity index is 1.62. The third kappa shape index (κ3) is 4.60. The standard InChI is InChI=1S/C18H14BrFN4O/c19-15-6-3-4-13(10-15)12-24-9-8-17(23-24)18(25)22-21-11-14-5-1-2-7-16(14)20/h1-11H,12H2,(H,22,25)/b21-11+. The second-order valence-electron chi connectivity index (χ2n) is 5.25. The van der Waals surface area contributed by atoms with E-state index in [2.05, 4.69) is 31.6 Å². The normalized spacial score (nSPS) is 11.0. The molecule has 2 aromatic carbocycles. The van der Waals surface area contributed by atoms with Crippen molar-refractivity contribution >= 4 is 28.1 Å². The molecule has 1 aromatic heterocycles. The first-order chi connectivity index (χ1) is 12.1. The third-order valence-electron chi connectivity index (χ3n) is 3.38. The van der Waals surface area contributed by atoms with Crippen molar-refractivity contribution in [3.8, 4) is 0 Å². The van der Waals surface area contributed by atoms with Gasteiger partial charge in [-0.2, -0.15) is 10.2 Å². The molecular weight excluding hydrogens is 387 g/mol. The second-order valence-corrected chi connectivity index (χ2v) is 6.16. The molecule has 0 atom stereocenters. The highest BCUT2D eigenvalue weighted by Gasteiger charge is 2.09. The molecule has 1 amide bonds. The van der Waals surface area contributed by atoms with Crippen molar-refractivity contribution < 1.29 is 9.18 Å². The molecule has 7 heteroatoms. The van der Waals surface area contributed by atoms with Crippen LogP contribution in [0.15, 0.2) is 70.4 Å². The van der Waals surface area contributed by atoms with Gasteiger partial charge in [-0.3, -0.25) is 9.48 Å². The maximum atomic E-state index is 13.5. The van der Waals surface area contributed by atoms with E-state index in [0.29, 0.717) is 12.1 Å². The number of rotatable bonds is 5. The minimum absolute atomic E-state index is 0.237. The molecule has 0 unspecified atom stereocenters. The lowest BCUT2D eigenvalue weighted by Crippen LogP contribution is -2.18. The first-order valence-electron chi connectivity index (χ1n) is 7.47. The lowest BCUT2D eigenvalue weighted by Gasteiger charge is -2.02. The van der Waals surface area contributed by atoms with E-state index < -0.39 is 11.7 Å². The van der Waals surface area contributed by atoms with Crippen molar-refractivity contribution in [2.45, 2.75) is 6.54 Å². The quantitative estimate of drug-likeness (QED) is 0.525. The van der Waals surface area contributed by atoms with Gasteiger partial charge < -0.3 is 0 Å². The summed E-state index contributed by atoms with van der Waals surface area (Å²) in [7, 11) is 0. The van der Waals surface area contributed by atoms with Crippen molar-refractivity contribution in [3.63, 3.8) is 0 Å². The molecule has 3 rings (SSSR count). The number of carbonyl (C=O) groups excluding carboxylic acids is 1. The van der Waals surface area contributed by atoms with E-state index in [0.717, 1.165) is 10.0 Å². The molecule has 0 aliphatic heterocycles. The Morgan fingerprint density at radius 2 is 2.08 bits per heavy atom. The molecule has 0 radical (unpaired) electrons. The number of hydrogen-bond donors (Lipinski definition) is 1. The highest BCUT2D eigenvalue weighted by Crippen LogP contribution is 2.12. The van der Waals surface area contributed by atoms with Crippen molar-refractivity contribution in [2.75, 3.05) is 0 Å². The van der Waals surface area contributed by atoms with Crippen LogP contribution in [-0.4, -0.2) is 21.9 Å². The molecule has 25 heavy (non-hydrogen) atoms. The van der Waals surface area contributed by atoms with Gasteiger partial charge in [-0.1, -0.05) is 46.3 Å². The van der Waals surface area contributed by atoms with Crippen LogP contribution < -0.4 is 5.43 Å². The maximum Gasteiger partial charge on any atom is 0.291 e. The van der Waals surface area contributed by atoms with Crippen LogP contribution in [0.4, 0.5) is 4.39 Å². The lowest BCUT2D eigenvalue weighted by atomic mass is 10.2. The average molecular weight is 401 g/mol. The number of halogens is 2. The van der Waals surface area contributed by atoms with Crippen LogP contribution in [0.1, 0.15) is 21.6 Å². The van der Waals surface area contributed by atoms with Crippen LogP contribution in [0.2, 0.25) is 0 Å². The average Bonchev–Trinajstić information content (AvgIpc) is 3.05. The van der Waals surface area contributed by atoms with Crippen LogP contribution in [0.25, 0.3) is 0 Å². The molecule has 0 saturated heterocycles. The fourth-order valence-corrected chi connectivity index (χ4v) is 2.64. The zero-order chi connectivity index (χ0) is 17.6. The molecule has 126 valence electrons. The van der Waals surface area contributed by atoms with Gasteiger partial charge in [0.1, 0.15) is 5.82 Å². The number of nitrogens with zero attached hydrogens (tertiary/aromatic N) is 3. The van der Waals surface area contributed by atoms with Crippen LogP contribution in [0.5, 0.6) is 0 Å². The molecule has 5 nitrogen and oxygen atoms in total. The zero-order valence-corrected chi connectivity index (χ0v) is 14.6. The number of aromatic nitrogens is 2. The third-order valence-corrected chi connectivity index (χ3v) is 3.88. The summed E-state index contributed by atoms with van der Waals surface area (Å²) in [6.45, 7) is 0.547. The summed E-state index contributed by atoms with van der Waals surface area (Å²) < 4.78 is 16.1. The molecule has 0 aliphatic rings. The molecule has 0 spiro atoms. The Bertz CT molecular complexity index is 923. The van der Waals surface area contributed by atoms with Gasteiger partial charge in [0.2, 0.25) is 0 Å². The fourth-order valence-electron chi connectivity index (χ4n) is 2.19. The second kappa shape index (κ2) is 7.85. The summed E-state index contributed by atoms with van der Waals surface area (Å²) in [4.78, 5) is 12.0.